The van der Waals surface area contributed by atoms with Crippen molar-refractivity contribution in [1.82, 2.24) is 0 Å². The van der Waals surface area contributed by atoms with Crippen molar-refractivity contribution < 1.29 is 14.3 Å². The minimum absolute atomic E-state index is 0.502. The molecule has 5 nitrogen and oxygen atoms in total. The number of carbonyl (C=O) groups excluding carboxylic acids is 2. The molecule has 0 atom stereocenters. The van der Waals surface area contributed by atoms with E-state index >= 15 is 0 Å². The van der Waals surface area contributed by atoms with Crippen LogP contribution in [0.5, 0.6) is 5.75 Å². The van der Waals surface area contributed by atoms with Gasteiger partial charge in [-0.05, 0) is 31.2 Å². The summed E-state index contributed by atoms with van der Waals surface area (Å²) in [6.45, 7) is 2.45. The van der Waals surface area contributed by atoms with Crippen LogP contribution in [0, 0.1) is 0 Å². The van der Waals surface area contributed by atoms with Crippen LogP contribution in [-0.2, 0) is 9.59 Å². The molecule has 1 aromatic carbocycles. The highest BCUT2D eigenvalue weighted by molar-refractivity contribution is 6.39. The van der Waals surface area contributed by atoms with Gasteiger partial charge in [-0.1, -0.05) is 0 Å². The van der Waals surface area contributed by atoms with Gasteiger partial charge in [0.05, 0.1) is 6.61 Å². The average Bonchev–Trinajstić information content (AvgIpc) is 2.21. The Kier molecular flexibility index (Phi) is 3.68. The number of benzene rings is 1. The molecule has 2 amide bonds. The van der Waals surface area contributed by atoms with Gasteiger partial charge in [0.1, 0.15) is 5.75 Å². The number of nitrogens with one attached hydrogen (secondary N) is 1. The molecule has 0 unspecified atom stereocenters. The highest BCUT2D eigenvalue weighted by Crippen LogP contribution is 2.15. The summed E-state index contributed by atoms with van der Waals surface area (Å²) in [5, 5.41) is 2.34. The van der Waals surface area contributed by atoms with Crippen molar-refractivity contribution in [2.75, 3.05) is 11.9 Å². The van der Waals surface area contributed by atoms with E-state index in [0.29, 0.717) is 18.0 Å². The minimum Gasteiger partial charge on any atom is -0.494 e. The number of rotatable bonds is 3. The van der Waals surface area contributed by atoms with Gasteiger partial charge in [-0.25, -0.2) is 0 Å². The number of primary amides is 1. The maximum Gasteiger partial charge on any atom is 0.313 e. The third-order valence-electron chi connectivity index (χ3n) is 1.65. The van der Waals surface area contributed by atoms with Gasteiger partial charge in [0.15, 0.2) is 0 Å². The van der Waals surface area contributed by atoms with Crippen LogP contribution in [-0.4, -0.2) is 18.4 Å². The fraction of sp³-hybridized carbons (Fsp3) is 0.200. The van der Waals surface area contributed by atoms with Crippen LogP contribution in [0.3, 0.4) is 0 Å². The van der Waals surface area contributed by atoms with Crippen LogP contribution < -0.4 is 15.8 Å². The topological polar surface area (TPSA) is 81.4 Å². The lowest BCUT2D eigenvalue weighted by Gasteiger charge is -2.05. The number of ether oxygens (including phenoxy) is 1. The van der Waals surface area contributed by atoms with Crippen molar-refractivity contribution >= 4 is 17.5 Å². The van der Waals surface area contributed by atoms with Crippen LogP contribution in [0.1, 0.15) is 6.92 Å². The van der Waals surface area contributed by atoms with E-state index in [1.807, 2.05) is 6.92 Å². The Morgan fingerprint density at radius 1 is 1.33 bits per heavy atom. The molecular weight excluding hydrogens is 196 g/mol. The summed E-state index contributed by atoms with van der Waals surface area (Å²) in [5.74, 6) is -1.14. The zero-order valence-electron chi connectivity index (χ0n) is 8.32. The quantitative estimate of drug-likeness (QED) is 0.710. The molecule has 15 heavy (non-hydrogen) atoms. The number of hydrogen-bond donors (Lipinski definition) is 2. The first-order valence-electron chi connectivity index (χ1n) is 4.47. The van der Waals surface area contributed by atoms with Gasteiger partial charge in [-0.15, -0.1) is 0 Å². The predicted molar refractivity (Wildman–Crippen MR) is 55.4 cm³/mol. The number of carbonyl (C=O) groups is 2. The normalized spacial score (nSPS) is 9.40. The summed E-state index contributed by atoms with van der Waals surface area (Å²) in [7, 11) is 0. The first-order chi connectivity index (χ1) is 7.13. The summed E-state index contributed by atoms with van der Waals surface area (Å²) < 4.78 is 5.21. The molecule has 0 aliphatic carbocycles. The van der Waals surface area contributed by atoms with E-state index < -0.39 is 11.8 Å². The molecule has 0 fully saturated rings. The zero-order chi connectivity index (χ0) is 11.3. The van der Waals surface area contributed by atoms with Crippen molar-refractivity contribution in [3.8, 4) is 5.75 Å². The van der Waals surface area contributed by atoms with Gasteiger partial charge in [-0.3, -0.25) is 9.59 Å². The summed E-state index contributed by atoms with van der Waals surface area (Å²) in [5.41, 5.74) is 5.29. The van der Waals surface area contributed by atoms with E-state index in [-0.39, 0.29) is 0 Å². The van der Waals surface area contributed by atoms with E-state index in [9.17, 15) is 9.59 Å². The molecular formula is C10H12N2O3. The maximum absolute atomic E-state index is 10.9. The first kappa shape index (κ1) is 11.0. The lowest BCUT2D eigenvalue weighted by Crippen LogP contribution is -2.29. The van der Waals surface area contributed by atoms with Crippen LogP contribution in [0.2, 0.25) is 0 Å². The van der Waals surface area contributed by atoms with Crippen molar-refractivity contribution in [3.05, 3.63) is 24.3 Å². The molecule has 0 saturated carbocycles. The molecule has 0 heterocycles. The Morgan fingerprint density at radius 2 is 1.93 bits per heavy atom. The molecule has 0 radical (unpaired) electrons. The summed E-state index contributed by atoms with van der Waals surface area (Å²) in [6, 6.07) is 6.65. The van der Waals surface area contributed by atoms with Crippen LogP contribution >= 0.6 is 0 Å². The SMILES string of the molecule is CCOc1ccc(NC(=O)C(N)=O)cc1. The summed E-state index contributed by atoms with van der Waals surface area (Å²) in [4.78, 5) is 21.4. The van der Waals surface area contributed by atoms with E-state index in [1.54, 1.807) is 24.3 Å². The van der Waals surface area contributed by atoms with Crippen molar-refractivity contribution in [3.63, 3.8) is 0 Å². The Morgan fingerprint density at radius 3 is 2.40 bits per heavy atom. The van der Waals surface area contributed by atoms with Gasteiger partial charge >= 0.3 is 11.8 Å². The van der Waals surface area contributed by atoms with Gasteiger partial charge < -0.3 is 15.8 Å². The van der Waals surface area contributed by atoms with Gasteiger partial charge in [0, 0.05) is 5.69 Å². The average molecular weight is 208 g/mol. The molecule has 0 aliphatic rings. The molecule has 0 bridgehead atoms. The monoisotopic (exact) mass is 208 g/mol. The number of anilines is 1. The molecule has 0 aromatic heterocycles. The summed E-state index contributed by atoms with van der Waals surface area (Å²) >= 11 is 0. The predicted octanol–water partition coefficient (Wildman–Crippen LogP) is 0.509. The zero-order valence-corrected chi connectivity index (χ0v) is 8.32. The van der Waals surface area contributed by atoms with Crippen molar-refractivity contribution in [2.24, 2.45) is 5.73 Å². The maximum atomic E-state index is 10.9. The summed E-state index contributed by atoms with van der Waals surface area (Å²) in [6.07, 6.45) is 0. The third kappa shape index (κ3) is 3.30. The van der Waals surface area contributed by atoms with Crippen LogP contribution in [0.15, 0.2) is 24.3 Å². The Hall–Kier alpha value is -2.04. The fourth-order valence-electron chi connectivity index (χ4n) is 0.994. The smallest absolute Gasteiger partial charge is 0.313 e. The van der Waals surface area contributed by atoms with Crippen molar-refractivity contribution in [2.45, 2.75) is 6.92 Å². The first-order valence-corrected chi connectivity index (χ1v) is 4.47. The van der Waals surface area contributed by atoms with Crippen molar-refractivity contribution in [1.29, 1.82) is 0 Å². The van der Waals surface area contributed by atoms with Crippen LogP contribution in [0.4, 0.5) is 5.69 Å². The molecule has 1 rings (SSSR count). The van der Waals surface area contributed by atoms with E-state index in [2.05, 4.69) is 5.32 Å². The minimum atomic E-state index is -1.01. The van der Waals surface area contributed by atoms with E-state index in [1.165, 1.54) is 0 Å². The fourth-order valence-corrected chi connectivity index (χ4v) is 0.994. The molecule has 1 aromatic rings. The highest BCUT2D eigenvalue weighted by Gasteiger charge is 2.07. The van der Waals surface area contributed by atoms with Gasteiger partial charge in [0.2, 0.25) is 0 Å². The Labute approximate surface area is 87.2 Å². The molecule has 5 heteroatoms. The van der Waals surface area contributed by atoms with Gasteiger partial charge in [0.25, 0.3) is 0 Å². The Bertz CT molecular complexity index is 359. The molecule has 0 saturated heterocycles. The van der Waals surface area contributed by atoms with E-state index in [4.69, 9.17) is 10.5 Å². The Balaban J connectivity index is 2.64. The standard InChI is InChI=1S/C10H12N2O3/c1-2-15-8-5-3-7(4-6-8)12-10(14)9(11)13/h3-6H,2H2,1H3,(H2,11,13)(H,12,14). The highest BCUT2D eigenvalue weighted by atomic mass is 16.5. The third-order valence-corrected chi connectivity index (χ3v) is 1.65. The molecule has 0 spiro atoms. The number of hydrogen-bond acceptors (Lipinski definition) is 3. The van der Waals surface area contributed by atoms with Gasteiger partial charge in [-0.2, -0.15) is 0 Å². The van der Waals surface area contributed by atoms with Crippen LogP contribution in [0.25, 0.3) is 0 Å². The lowest BCUT2D eigenvalue weighted by atomic mass is 10.3. The number of nitrogens with two attached hydrogens (primary N) is 1. The second-order valence-corrected chi connectivity index (χ2v) is 2.78. The number of amides is 2. The van der Waals surface area contributed by atoms with E-state index in [0.717, 1.165) is 0 Å². The largest absolute Gasteiger partial charge is 0.494 e. The second-order valence-electron chi connectivity index (χ2n) is 2.78. The molecule has 80 valence electrons. The molecule has 3 N–H and O–H groups in total. The molecule has 0 aliphatic heterocycles. The second kappa shape index (κ2) is 4.99. The lowest BCUT2D eigenvalue weighted by molar-refractivity contribution is -0.134.